The Bertz CT molecular complexity index is 461. The fourth-order valence-electron chi connectivity index (χ4n) is 1.57. The molecule has 1 aromatic carbocycles. The van der Waals surface area contributed by atoms with Crippen LogP contribution in [0.5, 0.6) is 5.75 Å². The van der Waals surface area contributed by atoms with Crippen molar-refractivity contribution in [1.82, 2.24) is 5.32 Å². The molecule has 1 unspecified atom stereocenters. The van der Waals surface area contributed by atoms with Gasteiger partial charge in [-0.25, -0.2) is 4.79 Å². The summed E-state index contributed by atoms with van der Waals surface area (Å²) in [5.41, 5.74) is -0.152. The molecule has 21 heavy (non-hydrogen) atoms. The van der Waals surface area contributed by atoms with Crippen LogP contribution in [0.15, 0.2) is 24.3 Å². The summed E-state index contributed by atoms with van der Waals surface area (Å²) in [7, 11) is 1.30. The maximum absolute atomic E-state index is 11.6. The number of hydrogen-bond acceptors (Lipinski definition) is 6. The number of carbonyl (C=O) groups excluding carboxylic acids is 1. The molecule has 6 nitrogen and oxygen atoms in total. The molecule has 0 aliphatic rings. The summed E-state index contributed by atoms with van der Waals surface area (Å²) in [4.78, 5) is 11.6. The number of β-amino-alcohol motifs (C(OH)–C–C–N with tert-alkyl or cyclic N) is 1. The number of nitrogens with one attached hydrogen (secondary N) is 1. The van der Waals surface area contributed by atoms with Crippen molar-refractivity contribution < 1.29 is 24.5 Å². The summed E-state index contributed by atoms with van der Waals surface area (Å²) in [5.74, 6) is -0.121. The Morgan fingerprint density at radius 2 is 2.05 bits per heavy atom. The van der Waals surface area contributed by atoms with E-state index in [-0.39, 0.29) is 19.8 Å². The molecule has 118 valence electrons. The van der Waals surface area contributed by atoms with Gasteiger partial charge in [-0.3, -0.25) is 0 Å². The van der Waals surface area contributed by atoms with E-state index in [9.17, 15) is 9.90 Å². The van der Waals surface area contributed by atoms with Crippen LogP contribution in [0.4, 0.5) is 0 Å². The van der Waals surface area contributed by atoms with Crippen LogP contribution in [0.3, 0.4) is 0 Å². The Hall–Kier alpha value is -1.63. The van der Waals surface area contributed by atoms with E-state index in [1.54, 1.807) is 24.3 Å². The molecular formula is C15H23NO5. The molecule has 0 saturated carbocycles. The van der Waals surface area contributed by atoms with Gasteiger partial charge in [-0.2, -0.15) is 0 Å². The largest absolute Gasteiger partial charge is 0.490 e. The number of aliphatic hydroxyl groups excluding tert-OH is 2. The Morgan fingerprint density at radius 3 is 2.67 bits per heavy atom. The number of para-hydroxylation sites is 1. The number of aliphatic hydroxyl groups is 2. The molecule has 0 spiro atoms. The van der Waals surface area contributed by atoms with Crippen LogP contribution >= 0.6 is 0 Å². The van der Waals surface area contributed by atoms with E-state index >= 15 is 0 Å². The third kappa shape index (κ3) is 5.71. The number of benzene rings is 1. The van der Waals surface area contributed by atoms with Crippen molar-refractivity contribution in [1.29, 1.82) is 0 Å². The Balaban J connectivity index is 2.54. The normalized spacial score (nSPS) is 12.8. The van der Waals surface area contributed by atoms with Gasteiger partial charge in [0.25, 0.3) is 0 Å². The molecule has 0 aliphatic carbocycles. The van der Waals surface area contributed by atoms with Crippen molar-refractivity contribution in [3.8, 4) is 5.75 Å². The summed E-state index contributed by atoms with van der Waals surface area (Å²) < 4.78 is 10.1. The first kappa shape index (κ1) is 17.4. The van der Waals surface area contributed by atoms with Crippen molar-refractivity contribution in [3.63, 3.8) is 0 Å². The molecule has 1 atom stereocenters. The maximum Gasteiger partial charge on any atom is 0.341 e. The Kier molecular flexibility index (Phi) is 6.61. The van der Waals surface area contributed by atoms with Crippen molar-refractivity contribution >= 4 is 5.97 Å². The van der Waals surface area contributed by atoms with Gasteiger partial charge in [0, 0.05) is 12.1 Å². The molecule has 1 aromatic rings. The predicted octanol–water partition coefficient (Wildman–Crippen LogP) is 0.573. The lowest BCUT2D eigenvalue weighted by Gasteiger charge is -2.25. The molecule has 1 rings (SSSR count). The smallest absolute Gasteiger partial charge is 0.341 e. The van der Waals surface area contributed by atoms with Crippen LogP contribution in [0, 0.1) is 0 Å². The Labute approximate surface area is 124 Å². The molecule has 0 aliphatic heterocycles. The summed E-state index contributed by atoms with van der Waals surface area (Å²) in [6.45, 7) is 3.92. The summed E-state index contributed by atoms with van der Waals surface area (Å²) in [6, 6.07) is 6.69. The third-order valence-electron chi connectivity index (χ3n) is 2.94. The van der Waals surface area contributed by atoms with Crippen molar-refractivity contribution in [2.45, 2.75) is 25.5 Å². The average molecular weight is 297 g/mol. The molecule has 0 saturated heterocycles. The molecule has 0 amide bonds. The topological polar surface area (TPSA) is 88.0 Å². The average Bonchev–Trinajstić information content (AvgIpc) is 2.50. The van der Waals surface area contributed by atoms with Crippen molar-refractivity contribution in [3.05, 3.63) is 29.8 Å². The molecule has 3 N–H and O–H groups in total. The van der Waals surface area contributed by atoms with Crippen LogP contribution in [-0.4, -0.2) is 54.7 Å². The quantitative estimate of drug-likeness (QED) is 0.608. The first-order valence-electron chi connectivity index (χ1n) is 6.73. The molecule has 0 radical (unpaired) electrons. The van der Waals surface area contributed by atoms with Gasteiger partial charge in [0.15, 0.2) is 0 Å². The number of carbonyl (C=O) groups is 1. The van der Waals surface area contributed by atoms with Gasteiger partial charge in [0.1, 0.15) is 24.0 Å². The molecule has 0 heterocycles. The second kappa shape index (κ2) is 7.97. The fourth-order valence-corrected chi connectivity index (χ4v) is 1.57. The SMILES string of the molecule is COC(=O)c1ccccc1OCC(O)CNC(C)(C)CO. The van der Waals surface area contributed by atoms with Gasteiger partial charge >= 0.3 is 5.97 Å². The van der Waals surface area contributed by atoms with Crippen LogP contribution in [0.1, 0.15) is 24.2 Å². The standard InChI is InChI=1S/C15H23NO5/c1-15(2,10-17)16-8-11(18)9-21-13-7-5-4-6-12(13)14(19)20-3/h4-7,11,16-18H,8-10H2,1-3H3. The van der Waals surface area contributed by atoms with E-state index in [1.807, 2.05) is 13.8 Å². The number of hydrogen-bond donors (Lipinski definition) is 3. The van der Waals surface area contributed by atoms with E-state index in [0.717, 1.165) is 0 Å². The van der Waals surface area contributed by atoms with Gasteiger partial charge in [0.2, 0.25) is 0 Å². The van der Waals surface area contributed by atoms with Gasteiger partial charge in [0.05, 0.1) is 13.7 Å². The summed E-state index contributed by atoms with van der Waals surface area (Å²) >= 11 is 0. The zero-order chi connectivity index (χ0) is 15.9. The van der Waals surface area contributed by atoms with E-state index in [2.05, 4.69) is 10.1 Å². The minimum Gasteiger partial charge on any atom is -0.490 e. The summed E-state index contributed by atoms with van der Waals surface area (Å²) in [5, 5.41) is 22.0. The van der Waals surface area contributed by atoms with Gasteiger partial charge in [-0.05, 0) is 26.0 Å². The van der Waals surface area contributed by atoms with Crippen molar-refractivity contribution in [2.75, 3.05) is 26.9 Å². The molecular weight excluding hydrogens is 274 g/mol. The molecule has 0 fully saturated rings. The van der Waals surface area contributed by atoms with Gasteiger partial charge in [-0.1, -0.05) is 12.1 Å². The van der Waals surface area contributed by atoms with Gasteiger partial charge < -0.3 is 25.0 Å². The summed E-state index contributed by atoms with van der Waals surface area (Å²) in [6.07, 6.45) is -0.762. The number of methoxy groups -OCH3 is 1. The molecule has 0 aromatic heterocycles. The highest BCUT2D eigenvalue weighted by Gasteiger charge is 2.18. The first-order valence-corrected chi connectivity index (χ1v) is 6.73. The lowest BCUT2D eigenvalue weighted by Crippen LogP contribution is -2.47. The highest BCUT2D eigenvalue weighted by molar-refractivity contribution is 5.92. The number of ether oxygens (including phenoxy) is 2. The highest BCUT2D eigenvalue weighted by atomic mass is 16.5. The van der Waals surface area contributed by atoms with Crippen molar-refractivity contribution in [2.24, 2.45) is 0 Å². The van der Waals surface area contributed by atoms with E-state index in [0.29, 0.717) is 11.3 Å². The maximum atomic E-state index is 11.6. The van der Waals surface area contributed by atoms with Crippen LogP contribution in [0.2, 0.25) is 0 Å². The first-order chi connectivity index (χ1) is 9.89. The van der Waals surface area contributed by atoms with Crippen LogP contribution < -0.4 is 10.1 Å². The zero-order valence-corrected chi connectivity index (χ0v) is 12.6. The van der Waals surface area contributed by atoms with E-state index in [1.165, 1.54) is 7.11 Å². The lowest BCUT2D eigenvalue weighted by atomic mass is 10.1. The number of esters is 1. The highest BCUT2D eigenvalue weighted by Crippen LogP contribution is 2.18. The second-order valence-electron chi connectivity index (χ2n) is 5.38. The predicted molar refractivity (Wildman–Crippen MR) is 78.5 cm³/mol. The van der Waals surface area contributed by atoms with Gasteiger partial charge in [-0.15, -0.1) is 0 Å². The molecule has 0 bridgehead atoms. The zero-order valence-electron chi connectivity index (χ0n) is 12.6. The minimum atomic E-state index is -0.762. The minimum absolute atomic E-state index is 0.0303. The molecule has 6 heteroatoms. The van der Waals surface area contributed by atoms with Crippen LogP contribution in [0.25, 0.3) is 0 Å². The van der Waals surface area contributed by atoms with E-state index in [4.69, 9.17) is 9.84 Å². The lowest BCUT2D eigenvalue weighted by molar-refractivity contribution is 0.0586. The second-order valence-corrected chi connectivity index (χ2v) is 5.38. The fraction of sp³-hybridized carbons (Fsp3) is 0.533. The van der Waals surface area contributed by atoms with E-state index < -0.39 is 17.6 Å². The number of rotatable bonds is 8. The van der Waals surface area contributed by atoms with Crippen LogP contribution in [-0.2, 0) is 4.74 Å². The Morgan fingerprint density at radius 1 is 1.38 bits per heavy atom. The third-order valence-corrected chi connectivity index (χ3v) is 2.94. The monoisotopic (exact) mass is 297 g/mol.